The summed E-state index contributed by atoms with van der Waals surface area (Å²) in [6.45, 7) is 0.761. The molecular formula is C11H16N4O. The van der Waals surface area contributed by atoms with Crippen LogP contribution in [0.25, 0.3) is 0 Å². The second-order valence-corrected chi connectivity index (χ2v) is 4.08. The Bertz CT molecular complexity index is 359. The molecule has 5 nitrogen and oxygen atoms in total. The first-order valence-electron chi connectivity index (χ1n) is 5.50. The molecule has 1 aliphatic rings. The van der Waals surface area contributed by atoms with E-state index in [2.05, 4.69) is 15.7 Å². The molecule has 86 valence electrons. The van der Waals surface area contributed by atoms with E-state index < -0.39 is 0 Å². The topological polar surface area (TPSA) is 80.0 Å². The van der Waals surface area contributed by atoms with Crippen LogP contribution in [-0.4, -0.2) is 17.4 Å². The van der Waals surface area contributed by atoms with Crippen LogP contribution in [0.3, 0.4) is 0 Å². The maximum absolute atomic E-state index is 11.7. The van der Waals surface area contributed by atoms with Gasteiger partial charge in [-0.1, -0.05) is 6.42 Å². The number of nitrogen functional groups attached to an aromatic ring is 1. The van der Waals surface area contributed by atoms with Crippen molar-refractivity contribution < 1.29 is 4.79 Å². The first kappa shape index (κ1) is 10.9. The summed E-state index contributed by atoms with van der Waals surface area (Å²) in [7, 11) is 0. The molecule has 2 rings (SSSR count). The summed E-state index contributed by atoms with van der Waals surface area (Å²) < 4.78 is 0. The number of carbonyl (C=O) groups is 1. The van der Waals surface area contributed by atoms with Gasteiger partial charge in [0.2, 0.25) is 0 Å². The van der Waals surface area contributed by atoms with E-state index in [0.717, 1.165) is 6.54 Å². The minimum atomic E-state index is -0.115. The van der Waals surface area contributed by atoms with Gasteiger partial charge in [0.05, 0.1) is 11.9 Å². The maximum atomic E-state index is 11.7. The predicted octanol–water partition coefficient (Wildman–Crippen LogP) is 0.897. The first-order chi connectivity index (χ1) is 7.79. The molecule has 1 aromatic heterocycles. The van der Waals surface area contributed by atoms with Gasteiger partial charge in [0.1, 0.15) is 5.69 Å². The highest BCUT2D eigenvalue weighted by atomic mass is 16.1. The highest BCUT2D eigenvalue weighted by molar-refractivity contribution is 5.92. The number of aromatic nitrogens is 1. The Labute approximate surface area is 94.4 Å². The molecule has 0 saturated heterocycles. The summed E-state index contributed by atoms with van der Waals surface area (Å²) in [6.07, 6.45) is 5.28. The van der Waals surface area contributed by atoms with E-state index in [0.29, 0.717) is 17.3 Å². The third kappa shape index (κ3) is 2.49. The molecule has 1 heterocycles. The summed E-state index contributed by atoms with van der Waals surface area (Å²) in [5.41, 5.74) is 3.59. The summed E-state index contributed by atoms with van der Waals surface area (Å²) >= 11 is 0. The molecule has 0 aliphatic heterocycles. The van der Waals surface area contributed by atoms with E-state index in [1.807, 2.05) is 0 Å². The Morgan fingerprint density at radius 2 is 2.31 bits per heavy atom. The minimum Gasteiger partial charge on any atom is -0.350 e. The van der Waals surface area contributed by atoms with Crippen LogP contribution in [-0.2, 0) is 0 Å². The second-order valence-electron chi connectivity index (χ2n) is 4.08. The molecule has 5 heteroatoms. The molecule has 1 saturated carbocycles. The van der Waals surface area contributed by atoms with Gasteiger partial charge in [-0.2, -0.15) is 0 Å². The van der Waals surface area contributed by atoms with Gasteiger partial charge >= 0.3 is 0 Å². The number of hydrogen-bond donors (Lipinski definition) is 3. The van der Waals surface area contributed by atoms with E-state index in [9.17, 15) is 4.79 Å². The number of pyridine rings is 1. The van der Waals surface area contributed by atoms with Crippen LogP contribution in [0.5, 0.6) is 0 Å². The SMILES string of the molecule is NNc1ccc(C(=O)NCC2CCC2)nc1. The lowest BCUT2D eigenvalue weighted by atomic mass is 9.85. The lowest BCUT2D eigenvalue weighted by molar-refractivity contribution is 0.0934. The van der Waals surface area contributed by atoms with Crippen LogP contribution in [0.2, 0.25) is 0 Å². The summed E-state index contributed by atoms with van der Waals surface area (Å²) in [5.74, 6) is 5.76. The standard InChI is InChI=1S/C11H16N4O/c12-15-9-4-5-10(13-7-9)11(16)14-6-8-2-1-3-8/h4-5,7-8,15H,1-3,6,12H2,(H,14,16). The Morgan fingerprint density at radius 3 is 2.81 bits per heavy atom. The zero-order chi connectivity index (χ0) is 11.4. The zero-order valence-electron chi connectivity index (χ0n) is 9.07. The van der Waals surface area contributed by atoms with E-state index in [4.69, 9.17) is 5.84 Å². The summed E-state index contributed by atoms with van der Waals surface area (Å²) in [4.78, 5) is 15.7. The van der Waals surface area contributed by atoms with Gasteiger partial charge in [0, 0.05) is 6.54 Å². The van der Waals surface area contributed by atoms with Crippen molar-refractivity contribution in [3.05, 3.63) is 24.0 Å². The van der Waals surface area contributed by atoms with Crippen molar-refractivity contribution in [2.75, 3.05) is 12.0 Å². The van der Waals surface area contributed by atoms with Gasteiger partial charge in [-0.15, -0.1) is 0 Å². The molecule has 0 atom stereocenters. The Balaban J connectivity index is 1.86. The van der Waals surface area contributed by atoms with Crippen molar-refractivity contribution in [2.24, 2.45) is 11.8 Å². The molecule has 1 amide bonds. The van der Waals surface area contributed by atoms with E-state index in [1.54, 1.807) is 12.1 Å². The quantitative estimate of drug-likeness (QED) is 0.520. The highest BCUT2D eigenvalue weighted by Crippen LogP contribution is 2.25. The highest BCUT2D eigenvalue weighted by Gasteiger charge is 2.18. The molecule has 0 radical (unpaired) electrons. The number of nitrogens with zero attached hydrogens (tertiary/aromatic N) is 1. The third-order valence-corrected chi connectivity index (χ3v) is 2.94. The summed E-state index contributed by atoms with van der Waals surface area (Å²) in [5, 5.41) is 2.89. The lowest BCUT2D eigenvalue weighted by Gasteiger charge is -2.25. The van der Waals surface area contributed by atoms with Crippen LogP contribution >= 0.6 is 0 Å². The molecule has 0 aromatic carbocycles. The van der Waals surface area contributed by atoms with Crippen LogP contribution in [0.4, 0.5) is 5.69 Å². The average molecular weight is 220 g/mol. The number of anilines is 1. The van der Waals surface area contributed by atoms with Gasteiger partial charge in [-0.25, -0.2) is 4.98 Å². The van der Waals surface area contributed by atoms with Gasteiger partial charge in [0.15, 0.2) is 0 Å². The van der Waals surface area contributed by atoms with Crippen LogP contribution in [0.1, 0.15) is 29.8 Å². The smallest absolute Gasteiger partial charge is 0.269 e. The molecule has 16 heavy (non-hydrogen) atoms. The largest absolute Gasteiger partial charge is 0.350 e. The van der Waals surface area contributed by atoms with Crippen molar-refractivity contribution >= 4 is 11.6 Å². The van der Waals surface area contributed by atoms with Crippen molar-refractivity contribution in [1.82, 2.24) is 10.3 Å². The number of hydrogen-bond acceptors (Lipinski definition) is 4. The fourth-order valence-corrected chi connectivity index (χ4v) is 1.64. The van der Waals surface area contributed by atoms with E-state index in [-0.39, 0.29) is 5.91 Å². The van der Waals surface area contributed by atoms with Crippen LogP contribution in [0, 0.1) is 5.92 Å². The third-order valence-electron chi connectivity index (χ3n) is 2.94. The first-order valence-corrected chi connectivity index (χ1v) is 5.50. The summed E-state index contributed by atoms with van der Waals surface area (Å²) in [6, 6.07) is 3.39. The number of amides is 1. The number of hydrazine groups is 1. The van der Waals surface area contributed by atoms with Crippen molar-refractivity contribution in [1.29, 1.82) is 0 Å². The fraction of sp³-hybridized carbons (Fsp3) is 0.455. The van der Waals surface area contributed by atoms with Crippen LogP contribution in [0.15, 0.2) is 18.3 Å². The van der Waals surface area contributed by atoms with Crippen molar-refractivity contribution in [3.63, 3.8) is 0 Å². The van der Waals surface area contributed by atoms with E-state index in [1.165, 1.54) is 25.5 Å². The Morgan fingerprint density at radius 1 is 1.50 bits per heavy atom. The van der Waals surface area contributed by atoms with Gasteiger partial charge in [0.25, 0.3) is 5.91 Å². The second kappa shape index (κ2) is 4.94. The normalized spacial score (nSPS) is 15.3. The molecule has 0 unspecified atom stereocenters. The molecule has 1 aliphatic carbocycles. The van der Waals surface area contributed by atoms with Crippen molar-refractivity contribution in [2.45, 2.75) is 19.3 Å². The number of nitrogens with two attached hydrogens (primary N) is 1. The molecule has 1 fully saturated rings. The Kier molecular flexibility index (Phi) is 3.36. The fourth-order valence-electron chi connectivity index (χ4n) is 1.64. The number of carbonyl (C=O) groups excluding carboxylic acids is 1. The lowest BCUT2D eigenvalue weighted by Crippen LogP contribution is -2.32. The average Bonchev–Trinajstić information content (AvgIpc) is 2.27. The molecule has 0 spiro atoms. The minimum absolute atomic E-state index is 0.115. The number of nitrogens with one attached hydrogen (secondary N) is 2. The molecular weight excluding hydrogens is 204 g/mol. The Hall–Kier alpha value is -1.62. The number of rotatable bonds is 4. The zero-order valence-corrected chi connectivity index (χ0v) is 9.07. The monoisotopic (exact) mass is 220 g/mol. The van der Waals surface area contributed by atoms with Crippen LogP contribution < -0.4 is 16.6 Å². The van der Waals surface area contributed by atoms with Crippen molar-refractivity contribution in [3.8, 4) is 0 Å². The predicted molar refractivity (Wildman–Crippen MR) is 61.7 cm³/mol. The van der Waals surface area contributed by atoms with Gasteiger partial charge < -0.3 is 10.7 Å². The molecule has 1 aromatic rings. The van der Waals surface area contributed by atoms with Gasteiger partial charge in [-0.3, -0.25) is 10.6 Å². The molecule has 0 bridgehead atoms. The maximum Gasteiger partial charge on any atom is 0.269 e. The van der Waals surface area contributed by atoms with Gasteiger partial charge in [-0.05, 0) is 30.9 Å². The molecule has 4 N–H and O–H groups in total. The van der Waals surface area contributed by atoms with E-state index >= 15 is 0 Å².